The van der Waals surface area contributed by atoms with Crippen molar-refractivity contribution >= 4 is 12.4 Å². The molecule has 0 amide bonds. The summed E-state index contributed by atoms with van der Waals surface area (Å²) in [6.07, 6.45) is 0. The van der Waals surface area contributed by atoms with E-state index in [1.807, 2.05) is 39.0 Å². The Morgan fingerprint density at radius 2 is 1.79 bits per heavy atom. The van der Waals surface area contributed by atoms with Crippen molar-refractivity contribution in [1.82, 2.24) is 0 Å². The molecule has 0 heterocycles. The molecule has 0 atom stereocenters. The Kier molecular flexibility index (Phi) is 6.29. The van der Waals surface area contributed by atoms with E-state index < -0.39 is 0 Å². The van der Waals surface area contributed by atoms with Gasteiger partial charge in [-0.25, -0.2) is 0 Å². The molecule has 76 valence electrons. The molecule has 0 saturated heterocycles. The molecule has 0 aliphatic heterocycles. The minimum absolute atomic E-state index is 0.906. The highest BCUT2D eigenvalue weighted by Gasteiger charge is 1.98. The van der Waals surface area contributed by atoms with Gasteiger partial charge in [-0.15, -0.1) is 0 Å². The first-order chi connectivity index (χ1) is 6.75. The van der Waals surface area contributed by atoms with Crippen molar-refractivity contribution in [2.75, 3.05) is 0 Å². The Labute approximate surface area is 86.4 Å². The lowest BCUT2D eigenvalue weighted by Gasteiger charge is -2.01. The maximum absolute atomic E-state index is 3.89. The third kappa shape index (κ3) is 3.52. The topological polar surface area (TPSA) is 24.7 Å². The van der Waals surface area contributed by atoms with E-state index in [2.05, 4.69) is 29.9 Å². The van der Waals surface area contributed by atoms with Crippen LogP contribution < -0.4 is 0 Å². The lowest BCUT2D eigenvalue weighted by atomic mass is 10.1. The van der Waals surface area contributed by atoms with Crippen LogP contribution in [0.4, 0.5) is 0 Å². The Bertz CT molecular complexity index is 314. The van der Waals surface area contributed by atoms with Gasteiger partial charge in [-0.3, -0.25) is 0 Å². The molecule has 0 fully saturated rings. The number of hydrogen-bond acceptors (Lipinski definition) is 2. The molecule has 0 aliphatic carbocycles. The van der Waals surface area contributed by atoms with Crippen molar-refractivity contribution in [3.63, 3.8) is 0 Å². The summed E-state index contributed by atoms with van der Waals surface area (Å²) in [4.78, 5) is 0. The fraction of sp³-hybridized carbons (Fsp3) is 0.333. The molecule has 0 saturated carbocycles. The van der Waals surface area contributed by atoms with Crippen LogP contribution in [0.15, 0.2) is 34.5 Å². The summed E-state index contributed by atoms with van der Waals surface area (Å²) in [5.41, 5.74) is 3.25. The summed E-state index contributed by atoms with van der Waals surface area (Å²) in [6, 6.07) is 8.08. The van der Waals surface area contributed by atoms with Gasteiger partial charge in [0.15, 0.2) is 0 Å². The first-order valence-electron chi connectivity index (χ1n) is 4.82. The van der Waals surface area contributed by atoms with Gasteiger partial charge in [0, 0.05) is 12.3 Å². The lowest BCUT2D eigenvalue weighted by Crippen LogP contribution is -1.96. The van der Waals surface area contributed by atoms with E-state index in [1.165, 1.54) is 5.56 Å². The standard InChI is InChI=1S/C10H12N2.C2H6/c1-8-6-4-5-7-10(8)9(2)12-11-3;1-2/h4-7H,3H2,1-2H3;1-2H3/b12-9-;. The van der Waals surface area contributed by atoms with Crippen LogP contribution in [0.5, 0.6) is 0 Å². The van der Waals surface area contributed by atoms with Gasteiger partial charge in [-0.1, -0.05) is 38.1 Å². The lowest BCUT2D eigenvalue weighted by molar-refractivity contribution is 1.24. The van der Waals surface area contributed by atoms with Crippen molar-refractivity contribution in [2.24, 2.45) is 10.2 Å². The molecular weight excluding hydrogens is 172 g/mol. The van der Waals surface area contributed by atoms with Gasteiger partial charge in [-0.05, 0) is 19.4 Å². The Morgan fingerprint density at radius 3 is 2.29 bits per heavy atom. The first-order valence-corrected chi connectivity index (χ1v) is 4.82. The van der Waals surface area contributed by atoms with Gasteiger partial charge < -0.3 is 0 Å². The minimum Gasteiger partial charge on any atom is -0.167 e. The van der Waals surface area contributed by atoms with Gasteiger partial charge in [0.2, 0.25) is 0 Å². The molecule has 0 N–H and O–H groups in total. The quantitative estimate of drug-likeness (QED) is 0.504. The molecule has 0 aromatic heterocycles. The average molecular weight is 190 g/mol. The molecule has 14 heavy (non-hydrogen) atoms. The highest BCUT2D eigenvalue weighted by molar-refractivity contribution is 5.99. The second-order valence-corrected chi connectivity index (χ2v) is 2.64. The maximum Gasteiger partial charge on any atom is 0.0674 e. The number of hydrogen-bond donors (Lipinski definition) is 0. The number of benzene rings is 1. The molecule has 1 aromatic carbocycles. The Balaban J connectivity index is 0.000000791. The second-order valence-electron chi connectivity index (χ2n) is 2.64. The summed E-state index contributed by atoms with van der Waals surface area (Å²) in [7, 11) is 0. The van der Waals surface area contributed by atoms with Crippen LogP contribution in [0.25, 0.3) is 0 Å². The highest BCUT2D eigenvalue weighted by Crippen LogP contribution is 2.08. The molecule has 0 unspecified atom stereocenters. The van der Waals surface area contributed by atoms with Gasteiger partial charge in [-0.2, -0.15) is 10.2 Å². The van der Waals surface area contributed by atoms with E-state index in [-0.39, 0.29) is 0 Å². The van der Waals surface area contributed by atoms with Crippen LogP contribution in [0.1, 0.15) is 31.9 Å². The number of aryl methyl sites for hydroxylation is 1. The molecule has 0 spiro atoms. The smallest absolute Gasteiger partial charge is 0.0674 e. The predicted molar refractivity (Wildman–Crippen MR) is 64.3 cm³/mol. The predicted octanol–water partition coefficient (Wildman–Crippen LogP) is 3.45. The fourth-order valence-electron chi connectivity index (χ4n) is 1.14. The van der Waals surface area contributed by atoms with E-state index in [0.717, 1.165) is 11.3 Å². The summed E-state index contributed by atoms with van der Waals surface area (Å²) in [6.45, 7) is 11.3. The summed E-state index contributed by atoms with van der Waals surface area (Å²) in [5, 5.41) is 7.38. The minimum atomic E-state index is 0.906. The Hall–Kier alpha value is -1.44. The zero-order valence-corrected chi connectivity index (χ0v) is 9.41. The van der Waals surface area contributed by atoms with Crippen molar-refractivity contribution < 1.29 is 0 Å². The SMILES string of the molecule is C=N/N=C(/C)c1ccccc1C.CC. The van der Waals surface area contributed by atoms with Crippen LogP contribution in [-0.4, -0.2) is 12.4 Å². The molecule has 0 radical (unpaired) electrons. The van der Waals surface area contributed by atoms with E-state index in [9.17, 15) is 0 Å². The van der Waals surface area contributed by atoms with Crippen molar-refractivity contribution in [3.05, 3.63) is 35.4 Å². The molecule has 2 nitrogen and oxygen atoms in total. The van der Waals surface area contributed by atoms with Gasteiger partial charge in [0.05, 0.1) is 5.71 Å². The summed E-state index contributed by atoms with van der Waals surface area (Å²) in [5.74, 6) is 0. The first kappa shape index (κ1) is 12.6. The highest BCUT2D eigenvalue weighted by atomic mass is 15.2. The van der Waals surface area contributed by atoms with Crippen molar-refractivity contribution in [1.29, 1.82) is 0 Å². The molecule has 1 rings (SSSR count). The van der Waals surface area contributed by atoms with Crippen LogP contribution in [0, 0.1) is 6.92 Å². The van der Waals surface area contributed by atoms with Gasteiger partial charge in [0.1, 0.15) is 0 Å². The third-order valence-electron chi connectivity index (χ3n) is 1.76. The zero-order valence-electron chi connectivity index (χ0n) is 9.41. The summed E-state index contributed by atoms with van der Waals surface area (Å²) >= 11 is 0. The molecule has 2 heteroatoms. The van der Waals surface area contributed by atoms with Gasteiger partial charge >= 0.3 is 0 Å². The molecular formula is C12H18N2. The zero-order chi connectivity index (χ0) is 11.0. The fourth-order valence-corrected chi connectivity index (χ4v) is 1.14. The van der Waals surface area contributed by atoms with Crippen molar-refractivity contribution in [2.45, 2.75) is 27.7 Å². The maximum atomic E-state index is 3.89. The average Bonchev–Trinajstić information content (AvgIpc) is 2.22. The van der Waals surface area contributed by atoms with E-state index in [0.29, 0.717) is 0 Å². The van der Waals surface area contributed by atoms with Crippen LogP contribution in [-0.2, 0) is 0 Å². The second kappa shape index (κ2) is 7.01. The Morgan fingerprint density at radius 1 is 1.21 bits per heavy atom. The number of rotatable bonds is 2. The van der Waals surface area contributed by atoms with Crippen LogP contribution >= 0.6 is 0 Å². The number of nitrogens with zero attached hydrogens (tertiary/aromatic N) is 2. The van der Waals surface area contributed by atoms with Gasteiger partial charge in [0.25, 0.3) is 0 Å². The molecule has 0 aliphatic rings. The van der Waals surface area contributed by atoms with E-state index in [4.69, 9.17) is 0 Å². The molecule has 1 aromatic rings. The monoisotopic (exact) mass is 190 g/mol. The van der Waals surface area contributed by atoms with E-state index >= 15 is 0 Å². The van der Waals surface area contributed by atoms with E-state index in [1.54, 1.807) is 0 Å². The van der Waals surface area contributed by atoms with Crippen LogP contribution in [0.3, 0.4) is 0 Å². The van der Waals surface area contributed by atoms with Crippen LogP contribution in [0.2, 0.25) is 0 Å². The normalized spacial score (nSPS) is 10.1. The summed E-state index contributed by atoms with van der Waals surface area (Å²) < 4.78 is 0. The molecule has 0 bridgehead atoms. The third-order valence-corrected chi connectivity index (χ3v) is 1.76. The van der Waals surface area contributed by atoms with Crippen molar-refractivity contribution in [3.8, 4) is 0 Å². The largest absolute Gasteiger partial charge is 0.167 e.